The van der Waals surface area contributed by atoms with Gasteiger partial charge < -0.3 is 4.42 Å². The number of sulfone groups is 1. The van der Waals surface area contributed by atoms with Crippen LogP contribution in [-0.4, -0.2) is 29.1 Å². The Hall–Kier alpha value is -1.64. The van der Waals surface area contributed by atoms with Crippen LogP contribution in [0.5, 0.6) is 0 Å². The summed E-state index contributed by atoms with van der Waals surface area (Å²) in [6.45, 7) is 4.73. The van der Waals surface area contributed by atoms with E-state index < -0.39 is 25.1 Å². The molecule has 0 amide bonds. The molecule has 1 heterocycles. The lowest BCUT2D eigenvalue weighted by molar-refractivity contribution is 0.486. The molecule has 0 saturated heterocycles. The number of nitrogens with one attached hydrogen (secondary N) is 1. The minimum absolute atomic E-state index is 0.124. The lowest BCUT2D eigenvalue weighted by atomic mass is 10.2. The zero-order valence-corrected chi connectivity index (χ0v) is 15.4. The summed E-state index contributed by atoms with van der Waals surface area (Å²) in [7, 11) is -7.35. The molecule has 1 aromatic heterocycles. The average molecular weight is 371 g/mol. The van der Waals surface area contributed by atoms with Gasteiger partial charge in [-0.2, -0.15) is 0 Å². The monoisotopic (exact) mass is 371 g/mol. The Morgan fingerprint density at radius 2 is 1.83 bits per heavy atom. The third-order valence-electron chi connectivity index (χ3n) is 3.75. The van der Waals surface area contributed by atoms with Gasteiger partial charge in [0.15, 0.2) is 9.84 Å². The lowest BCUT2D eigenvalue weighted by Gasteiger charge is -2.18. The smallest absolute Gasteiger partial charge is 0.211 e. The van der Waals surface area contributed by atoms with E-state index in [2.05, 4.69) is 4.72 Å². The normalized spacial score (nSPS) is 13.8. The van der Waals surface area contributed by atoms with Gasteiger partial charge >= 0.3 is 0 Å². The first kappa shape index (κ1) is 18.7. The molecule has 8 heteroatoms. The van der Waals surface area contributed by atoms with Crippen LogP contribution in [0.2, 0.25) is 0 Å². The number of benzene rings is 1. The molecule has 24 heavy (non-hydrogen) atoms. The van der Waals surface area contributed by atoms with Gasteiger partial charge in [0.2, 0.25) is 10.0 Å². The van der Waals surface area contributed by atoms with Gasteiger partial charge in [0, 0.05) is 6.54 Å². The Bertz CT molecular complexity index is 900. The quantitative estimate of drug-likeness (QED) is 0.806. The van der Waals surface area contributed by atoms with Crippen molar-refractivity contribution in [3.05, 3.63) is 53.5 Å². The molecule has 0 aliphatic rings. The molecule has 0 bridgehead atoms. The lowest BCUT2D eigenvalue weighted by Crippen LogP contribution is -2.33. The van der Waals surface area contributed by atoms with Gasteiger partial charge in [-0.15, -0.1) is 0 Å². The van der Waals surface area contributed by atoms with Crippen LogP contribution < -0.4 is 4.72 Å². The largest absolute Gasteiger partial charge is 0.468 e. The topological polar surface area (TPSA) is 93.4 Å². The van der Waals surface area contributed by atoms with Gasteiger partial charge in [0.1, 0.15) is 11.0 Å². The molecule has 0 spiro atoms. The molecule has 0 unspecified atom stereocenters. The first-order valence-electron chi connectivity index (χ1n) is 7.49. The maximum absolute atomic E-state index is 13.1. The second-order valence-corrected chi connectivity index (χ2v) is 9.76. The molecule has 2 rings (SSSR count). The standard InChI is InChI=1S/C16H21NO5S2/c1-4-23(18,19)17-11-16(14-6-5-9-22-14)24(20,21)15-10-12(2)7-8-13(15)3/h5-10,16-17H,4,11H2,1-3H3/t16-/m0/s1. The van der Waals surface area contributed by atoms with Gasteiger partial charge in [-0.1, -0.05) is 12.1 Å². The molecular weight excluding hydrogens is 350 g/mol. The van der Waals surface area contributed by atoms with Crippen LogP contribution in [0.25, 0.3) is 0 Å². The molecule has 0 fully saturated rings. The number of rotatable bonds is 7. The average Bonchev–Trinajstić information content (AvgIpc) is 3.03. The highest BCUT2D eigenvalue weighted by atomic mass is 32.2. The second-order valence-electron chi connectivity index (χ2n) is 5.57. The first-order valence-corrected chi connectivity index (χ1v) is 10.7. The predicted octanol–water partition coefficient (Wildman–Crippen LogP) is 2.35. The fourth-order valence-corrected chi connectivity index (χ4v) is 4.96. The molecule has 0 radical (unpaired) electrons. The Labute approximate surface area is 142 Å². The summed E-state index contributed by atoms with van der Waals surface area (Å²) in [5.41, 5.74) is 1.42. The summed E-state index contributed by atoms with van der Waals surface area (Å²) in [4.78, 5) is 0.180. The molecular formula is C16H21NO5S2. The van der Waals surface area contributed by atoms with E-state index in [9.17, 15) is 16.8 Å². The van der Waals surface area contributed by atoms with Crippen molar-refractivity contribution in [3.8, 4) is 0 Å². The summed E-state index contributed by atoms with van der Waals surface area (Å²) in [6.07, 6.45) is 1.37. The van der Waals surface area contributed by atoms with Gasteiger partial charge in [-0.3, -0.25) is 0 Å². The highest BCUT2D eigenvalue weighted by molar-refractivity contribution is 7.92. The summed E-state index contributed by atoms with van der Waals surface area (Å²) in [6, 6.07) is 8.27. The van der Waals surface area contributed by atoms with Gasteiger partial charge in [-0.25, -0.2) is 21.6 Å². The van der Waals surface area contributed by atoms with Crippen molar-refractivity contribution in [2.45, 2.75) is 30.9 Å². The van der Waals surface area contributed by atoms with Crippen molar-refractivity contribution >= 4 is 19.9 Å². The van der Waals surface area contributed by atoms with Crippen molar-refractivity contribution in [3.63, 3.8) is 0 Å². The molecule has 1 aromatic carbocycles. The molecule has 1 atom stereocenters. The maximum atomic E-state index is 13.1. The van der Waals surface area contributed by atoms with Crippen molar-refractivity contribution in [1.82, 2.24) is 4.72 Å². The van der Waals surface area contributed by atoms with Gasteiger partial charge in [-0.05, 0) is 50.1 Å². The van der Waals surface area contributed by atoms with Crippen LogP contribution in [0.15, 0.2) is 45.9 Å². The van der Waals surface area contributed by atoms with Crippen molar-refractivity contribution in [2.75, 3.05) is 12.3 Å². The SMILES string of the molecule is CCS(=O)(=O)NC[C@@H](c1ccco1)S(=O)(=O)c1cc(C)ccc1C. The highest BCUT2D eigenvalue weighted by Crippen LogP contribution is 2.31. The number of furan rings is 1. The van der Waals surface area contributed by atoms with Crippen LogP contribution >= 0.6 is 0 Å². The molecule has 0 saturated carbocycles. The van der Waals surface area contributed by atoms with E-state index in [0.29, 0.717) is 5.56 Å². The van der Waals surface area contributed by atoms with Gasteiger partial charge in [0.05, 0.1) is 16.9 Å². The van der Waals surface area contributed by atoms with E-state index >= 15 is 0 Å². The van der Waals surface area contributed by atoms with Gasteiger partial charge in [0.25, 0.3) is 0 Å². The third-order valence-corrected chi connectivity index (χ3v) is 7.32. The second kappa shape index (κ2) is 7.08. The molecule has 0 aliphatic carbocycles. The summed E-state index contributed by atoms with van der Waals surface area (Å²) in [5.74, 6) is 0.0798. The Balaban J connectivity index is 2.48. The van der Waals surface area contributed by atoms with Crippen LogP contribution in [0.3, 0.4) is 0 Å². The minimum atomic E-state index is -3.83. The summed E-state index contributed by atoms with van der Waals surface area (Å²) in [5, 5.41) is -1.13. The fraction of sp³-hybridized carbons (Fsp3) is 0.375. The minimum Gasteiger partial charge on any atom is -0.468 e. The number of hydrogen-bond acceptors (Lipinski definition) is 5. The summed E-state index contributed by atoms with van der Waals surface area (Å²) >= 11 is 0. The number of sulfonamides is 1. The Kier molecular flexibility index (Phi) is 5.52. The molecule has 6 nitrogen and oxygen atoms in total. The van der Waals surface area contributed by atoms with Crippen LogP contribution in [-0.2, 0) is 19.9 Å². The predicted molar refractivity (Wildman–Crippen MR) is 92.0 cm³/mol. The van der Waals surface area contributed by atoms with E-state index in [1.54, 1.807) is 32.0 Å². The van der Waals surface area contributed by atoms with E-state index in [-0.39, 0.29) is 23.0 Å². The van der Waals surface area contributed by atoms with Crippen LogP contribution in [0.4, 0.5) is 0 Å². The van der Waals surface area contributed by atoms with Crippen LogP contribution in [0.1, 0.15) is 29.1 Å². The van der Waals surface area contributed by atoms with E-state index in [0.717, 1.165) is 5.56 Å². The van der Waals surface area contributed by atoms with E-state index in [1.165, 1.54) is 19.3 Å². The molecule has 2 aromatic rings. The van der Waals surface area contributed by atoms with E-state index in [4.69, 9.17) is 4.42 Å². The zero-order chi connectivity index (χ0) is 18.0. The molecule has 132 valence electrons. The Morgan fingerprint density at radius 3 is 2.42 bits per heavy atom. The number of hydrogen-bond donors (Lipinski definition) is 1. The maximum Gasteiger partial charge on any atom is 0.211 e. The first-order chi connectivity index (χ1) is 11.2. The zero-order valence-electron chi connectivity index (χ0n) is 13.8. The summed E-state index contributed by atoms with van der Waals surface area (Å²) < 4.78 is 57.3. The van der Waals surface area contributed by atoms with Crippen LogP contribution in [0, 0.1) is 13.8 Å². The Morgan fingerprint density at radius 1 is 1.12 bits per heavy atom. The highest BCUT2D eigenvalue weighted by Gasteiger charge is 2.33. The molecule has 1 N–H and O–H groups in total. The van der Waals surface area contributed by atoms with Crippen molar-refractivity contribution < 1.29 is 21.3 Å². The van der Waals surface area contributed by atoms with Crippen molar-refractivity contribution in [1.29, 1.82) is 0 Å². The molecule has 0 aliphatic heterocycles. The fourth-order valence-electron chi connectivity index (χ4n) is 2.31. The van der Waals surface area contributed by atoms with E-state index in [1.807, 2.05) is 6.07 Å². The van der Waals surface area contributed by atoms with Crippen molar-refractivity contribution in [2.24, 2.45) is 0 Å². The number of aryl methyl sites for hydroxylation is 2. The third kappa shape index (κ3) is 4.06.